The van der Waals surface area contributed by atoms with Crippen molar-refractivity contribution in [3.8, 4) is 17.0 Å². The highest BCUT2D eigenvalue weighted by Gasteiger charge is 2.10. The number of methoxy groups -OCH3 is 1. The fourth-order valence-electron chi connectivity index (χ4n) is 3.43. The molecule has 0 unspecified atom stereocenters. The van der Waals surface area contributed by atoms with Crippen LogP contribution in [0.25, 0.3) is 11.3 Å². The Morgan fingerprint density at radius 3 is 2.93 bits per heavy atom. The van der Waals surface area contributed by atoms with Gasteiger partial charge in [0.05, 0.1) is 26.0 Å². The van der Waals surface area contributed by atoms with E-state index in [2.05, 4.69) is 52.6 Å². The zero-order valence-electron chi connectivity index (χ0n) is 17.3. The van der Waals surface area contributed by atoms with E-state index in [0.717, 1.165) is 46.9 Å². The topological polar surface area (TPSA) is 59.5 Å². The lowest BCUT2D eigenvalue weighted by molar-refractivity contribution is 0.148. The van der Waals surface area contributed by atoms with Crippen LogP contribution in [0.15, 0.2) is 66.9 Å². The minimum atomic E-state index is 0.554. The predicted octanol–water partition coefficient (Wildman–Crippen LogP) is 4.41. The van der Waals surface area contributed by atoms with Crippen molar-refractivity contribution < 1.29 is 9.47 Å². The van der Waals surface area contributed by atoms with Crippen LogP contribution in [0.5, 0.6) is 5.75 Å². The van der Waals surface area contributed by atoms with Gasteiger partial charge in [0.2, 0.25) is 5.95 Å². The molecule has 0 saturated heterocycles. The van der Waals surface area contributed by atoms with Crippen molar-refractivity contribution in [2.45, 2.75) is 13.2 Å². The van der Waals surface area contributed by atoms with E-state index in [-0.39, 0.29) is 0 Å². The van der Waals surface area contributed by atoms with Gasteiger partial charge in [-0.25, -0.2) is 9.97 Å². The Morgan fingerprint density at radius 1 is 1.10 bits per heavy atom. The molecule has 2 heterocycles. The lowest BCUT2D eigenvalue weighted by Gasteiger charge is -2.18. The molecule has 1 aromatic heterocycles. The molecular formula is C24H26N4O2. The first-order valence-corrected chi connectivity index (χ1v) is 9.99. The Kier molecular flexibility index (Phi) is 6.37. The first kappa shape index (κ1) is 20.1. The molecule has 154 valence electrons. The van der Waals surface area contributed by atoms with Crippen LogP contribution < -0.4 is 10.1 Å². The molecule has 1 aliphatic rings. The normalized spacial score (nSPS) is 16.1. The fraction of sp³-hybridized carbons (Fsp3) is 0.250. The lowest BCUT2D eigenvalue weighted by atomic mass is 10.1. The standard InChI is InChI=1S/C24H26N4O2/c1-28-12-3-4-13-30-17-18-6-5-7-21(14-18)26-24-25-11-10-22(27-24)19-8-9-23(29-2)20(15-19)16-28/h3-11,14-15H,12-13,16-17H2,1-2H3,(H,25,26,27)/b4-3+. The Morgan fingerprint density at radius 2 is 2.03 bits per heavy atom. The Balaban J connectivity index is 1.71. The van der Waals surface area contributed by atoms with Gasteiger partial charge in [-0.15, -0.1) is 0 Å². The van der Waals surface area contributed by atoms with Crippen molar-refractivity contribution in [3.05, 3.63) is 78.0 Å². The average molecular weight is 402 g/mol. The van der Waals surface area contributed by atoms with Crippen molar-refractivity contribution in [2.24, 2.45) is 0 Å². The number of hydrogen-bond acceptors (Lipinski definition) is 6. The van der Waals surface area contributed by atoms with E-state index in [1.165, 1.54) is 0 Å². The molecule has 0 saturated carbocycles. The molecule has 2 aromatic carbocycles. The van der Waals surface area contributed by atoms with Crippen molar-refractivity contribution in [1.29, 1.82) is 0 Å². The fourth-order valence-corrected chi connectivity index (χ4v) is 3.43. The highest BCUT2D eigenvalue weighted by molar-refractivity contribution is 5.64. The van der Waals surface area contributed by atoms with Crippen LogP contribution in [-0.2, 0) is 17.9 Å². The second-order valence-corrected chi connectivity index (χ2v) is 7.30. The largest absolute Gasteiger partial charge is 0.496 e. The molecule has 0 spiro atoms. The average Bonchev–Trinajstić information content (AvgIpc) is 2.76. The van der Waals surface area contributed by atoms with Crippen LogP contribution >= 0.6 is 0 Å². The van der Waals surface area contributed by atoms with Gasteiger partial charge in [-0.05, 0) is 49.0 Å². The molecule has 30 heavy (non-hydrogen) atoms. The Hall–Kier alpha value is -3.22. The summed E-state index contributed by atoms with van der Waals surface area (Å²) in [4.78, 5) is 11.3. The molecule has 1 aliphatic heterocycles. The molecule has 3 aromatic rings. The quantitative estimate of drug-likeness (QED) is 0.609. The van der Waals surface area contributed by atoms with Gasteiger partial charge in [-0.2, -0.15) is 0 Å². The maximum Gasteiger partial charge on any atom is 0.227 e. The minimum absolute atomic E-state index is 0.554. The van der Waals surface area contributed by atoms with Gasteiger partial charge in [0.15, 0.2) is 0 Å². The zero-order chi connectivity index (χ0) is 20.8. The summed E-state index contributed by atoms with van der Waals surface area (Å²) in [6, 6.07) is 16.2. The Labute approximate surface area is 177 Å². The SMILES string of the molecule is COc1ccc2cc1CN(C)C/C=C/COCc1cccc(c1)Nc1nccc-2n1. The zero-order valence-corrected chi connectivity index (χ0v) is 17.3. The smallest absolute Gasteiger partial charge is 0.227 e. The van der Waals surface area contributed by atoms with Gasteiger partial charge in [-0.3, -0.25) is 4.90 Å². The molecule has 0 fully saturated rings. The number of ether oxygens (including phenoxy) is 2. The van der Waals surface area contributed by atoms with Gasteiger partial charge in [-0.1, -0.05) is 24.3 Å². The summed E-state index contributed by atoms with van der Waals surface area (Å²) in [6.45, 7) is 2.73. The third-order valence-corrected chi connectivity index (χ3v) is 4.92. The minimum Gasteiger partial charge on any atom is -0.496 e. The highest BCUT2D eigenvalue weighted by atomic mass is 16.5. The van der Waals surface area contributed by atoms with Gasteiger partial charge < -0.3 is 14.8 Å². The number of rotatable bonds is 1. The second kappa shape index (κ2) is 9.52. The number of anilines is 2. The van der Waals surface area contributed by atoms with Crippen LogP contribution in [0.3, 0.4) is 0 Å². The molecule has 0 radical (unpaired) electrons. The van der Waals surface area contributed by atoms with Gasteiger partial charge in [0.1, 0.15) is 5.75 Å². The molecule has 0 atom stereocenters. The molecule has 6 heteroatoms. The number of nitrogens with zero attached hydrogens (tertiary/aromatic N) is 3. The van der Waals surface area contributed by atoms with Gasteiger partial charge >= 0.3 is 0 Å². The molecular weight excluding hydrogens is 376 g/mol. The number of benzene rings is 2. The number of hydrogen-bond donors (Lipinski definition) is 1. The number of fused-ring (bicyclic) bond motifs is 7. The van der Waals surface area contributed by atoms with E-state index in [1.807, 2.05) is 30.3 Å². The van der Waals surface area contributed by atoms with E-state index in [4.69, 9.17) is 14.5 Å². The monoisotopic (exact) mass is 402 g/mol. The van der Waals surface area contributed by atoms with Gasteiger partial charge in [0.25, 0.3) is 0 Å². The van der Waals surface area contributed by atoms with Crippen LogP contribution in [0, 0.1) is 0 Å². The summed E-state index contributed by atoms with van der Waals surface area (Å²) in [5, 5.41) is 3.30. The molecule has 6 nitrogen and oxygen atoms in total. The number of likely N-dealkylation sites (N-methyl/N-ethyl adjacent to an activating group) is 1. The lowest BCUT2D eigenvalue weighted by Crippen LogP contribution is -2.18. The second-order valence-electron chi connectivity index (χ2n) is 7.30. The summed E-state index contributed by atoms with van der Waals surface area (Å²) < 4.78 is 11.4. The van der Waals surface area contributed by atoms with Crippen LogP contribution in [0.1, 0.15) is 11.1 Å². The molecule has 0 aliphatic carbocycles. The van der Waals surface area contributed by atoms with Crippen LogP contribution in [0.2, 0.25) is 0 Å². The Bertz CT molecular complexity index is 1040. The summed E-state index contributed by atoms with van der Waals surface area (Å²) in [7, 11) is 3.79. The molecule has 4 rings (SSSR count). The van der Waals surface area contributed by atoms with Gasteiger partial charge in [0, 0.05) is 36.1 Å². The van der Waals surface area contributed by atoms with E-state index >= 15 is 0 Å². The van der Waals surface area contributed by atoms with E-state index in [9.17, 15) is 0 Å². The summed E-state index contributed by atoms with van der Waals surface area (Å²) in [6.07, 6.45) is 5.97. The first-order valence-electron chi connectivity index (χ1n) is 9.99. The summed E-state index contributed by atoms with van der Waals surface area (Å²) in [5.41, 5.74) is 5.04. The molecule has 0 amide bonds. The van der Waals surface area contributed by atoms with Crippen molar-refractivity contribution >= 4 is 11.6 Å². The third-order valence-electron chi connectivity index (χ3n) is 4.92. The maximum absolute atomic E-state index is 5.78. The number of aromatic nitrogens is 2. The van der Waals surface area contributed by atoms with E-state index < -0.39 is 0 Å². The van der Waals surface area contributed by atoms with Crippen molar-refractivity contribution in [2.75, 3.05) is 32.6 Å². The summed E-state index contributed by atoms with van der Waals surface area (Å²) >= 11 is 0. The van der Waals surface area contributed by atoms with Crippen molar-refractivity contribution in [3.63, 3.8) is 0 Å². The van der Waals surface area contributed by atoms with E-state index in [0.29, 0.717) is 19.2 Å². The van der Waals surface area contributed by atoms with Crippen molar-refractivity contribution in [1.82, 2.24) is 14.9 Å². The third kappa shape index (κ3) is 5.03. The van der Waals surface area contributed by atoms with E-state index in [1.54, 1.807) is 13.3 Å². The van der Waals surface area contributed by atoms with Crippen LogP contribution in [0.4, 0.5) is 11.6 Å². The number of nitrogens with one attached hydrogen (secondary N) is 1. The highest BCUT2D eigenvalue weighted by Crippen LogP contribution is 2.27. The summed E-state index contributed by atoms with van der Waals surface area (Å²) in [5.74, 6) is 1.43. The first-order chi connectivity index (χ1) is 14.7. The molecule has 1 N–H and O–H groups in total. The predicted molar refractivity (Wildman–Crippen MR) is 119 cm³/mol. The maximum atomic E-state index is 5.78. The van der Waals surface area contributed by atoms with Crippen LogP contribution in [-0.4, -0.2) is 42.2 Å². The molecule has 6 bridgehead atoms.